The van der Waals surface area contributed by atoms with Gasteiger partial charge < -0.3 is 9.47 Å². The van der Waals surface area contributed by atoms with E-state index in [4.69, 9.17) is 4.74 Å². The smallest absolute Gasteiger partial charge is 0.334 e. The molecule has 0 rings (SSSR count). The second-order valence-electron chi connectivity index (χ2n) is 1.79. The van der Waals surface area contributed by atoms with Gasteiger partial charge in [0.25, 0.3) is 0 Å². The molecule has 0 radical (unpaired) electrons. The van der Waals surface area contributed by atoms with Crippen LogP contribution in [0.3, 0.4) is 0 Å². The molecule has 0 aromatic carbocycles. The van der Waals surface area contributed by atoms with E-state index in [1.165, 1.54) is 7.11 Å². The van der Waals surface area contributed by atoms with E-state index in [1.54, 1.807) is 13.0 Å². The van der Waals surface area contributed by atoms with Crippen molar-refractivity contribution < 1.29 is 14.3 Å². The summed E-state index contributed by atoms with van der Waals surface area (Å²) in [6, 6.07) is 0. The van der Waals surface area contributed by atoms with Crippen molar-refractivity contribution in [3.8, 4) is 0 Å². The van der Waals surface area contributed by atoms with E-state index in [-0.39, 0.29) is 5.97 Å². The third kappa shape index (κ3) is 3.25. The molecule has 0 aliphatic rings. The molecule has 0 fully saturated rings. The minimum atomic E-state index is -0.497. The van der Waals surface area contributed by atoms with Crippen molar-refractivity contribution in [2.45, 2.75) is 13.0 Å². The first kappa shape index (κ1) is 9.17. The number of ether oxygens (including phenoxy) is 2. The minimum absolute atomic E-state index is 0.359. The van der Waals surface area contributed by atoms with Crippen LogP contribution in [0.15, 0.2) is 12.7 Å². The Labute approximate surface area is 60.6 Å². The fraction of sp³-hybridized carbons (Fsp3) is 0.571. The van der Waals surface area contributed by atoms with Crippen molar-refractivity contribution in [1.29, 1.82) is 0 Å². The molecule has 0 aliphatic carbocycles. The summed E-state index contributed by atoms with van der Waals surface area (Å²) < 4.78 is 9.36. The lowest BCUT2D eigenvalue weighted by Crippen LogP contribution is -2.21. The second kappa shape index (κ2) is 4.99. The Balaban J connectivity index is 3.50. The third-order valence-electron chi connectivity index (χ3n) is 0.997. The number of carbonyl (C=O) groups excluding carboxylic acids is 1. The van der Waals surface area contributed by atoms with Gasteiger partial charge in [0.15, 0.2) is 6.10 Å². The van der Waals surface area contributed by atoms with Crippen molar-refractivity contribution in [3.63, 3.8) is 0 Å². The molecule has 0 aliphatic heterocycles. The number of hydrogen-bond donors (Lipinski definition) is 0. The van der Waals surface area contributed by atoms with Crippen LogP contribution >= 0.6 is 0 Å². The van der Waals surface area contributed by atoms with Gasteiger partial charge in [-0.1, -0.05) is 6.08 Å². The number of carbonyl (C=O) groups is 1. The Morgan fingerprint density at radius 3 is 2.80 bits per heavy atom. The highest BCUT2D eigenvalue weighted by molar-refractivity contribution is 5.73. The molecule has 0 saturated heterocycles. The molecule has 10 heavy (non-hydrogen) atoms. The normalized spacial score (nSPS) is 12.2. The Morgan fingerprint density at radius 2 is 2.40 bits per heavy atom. The van der Waals surface area contributed by atoms with E-state index in [0.29, 0.717) is 6.61 Å². The Hall–Kier alpha value is -0.830. The predicted octanol–water partition coefficient (Wildman–Crippen LogP) is 0.750. The average molecular weight is 144 g/mol. The van der Waals surface area contributed by atoms with E-state index in [1.807, 2.05) is 0 Å². The quantitative estimate of drug-likeness (QED) is 0.431. The molecule has 3 nitrogen and oxygen atoms in total. The van der Waals surface area contributed by atoms with E-state index < -0.39 is 6.10 Å². The molecule has 0 aromatic heterocycles. The molecule has 0 aromatic rings. The van der Waals surface area contributed by atoms with E-state index in [0.717, 1.165) is 0 Å². The first-order valence-corrected chi connectivity index (χ1v) is 3.02. The van der Waals surface area contributed by atoms with Crippen LogP contribution in [-0.4, -0.2) is 25.8 Å². The highest BCUT2D eigenvalue weighted by Crippen LogP contribution is 1.92. The molecule has 0 N–H and O–H groups in total. The third-order valence-corrected chi connectivity index (χ3v) is 0.997. The van der Waals surface area contributed by atoms with Gasteiger partial charge in [-0.15, -0.1) is 6.58 Å². The maximum absolute atomic E-state index is 10.6. The van der Waals surface area contributed by atoms with E-state index in [9.17, 15) is 4.79 Å². The monoisotopic (exact) mass is 144 g/mol. The second-order valence-corrected chi connectivity index (χ2v) is 1.79. The number of rotatable bonds is 4. The first-order valence-electron chi connectivity index (χ1n) is 3.02. The molecule has 0 heterocycles. The lowest BCUT2D eigenvalue weighted by Gasteiger charge is -2.07. The summed E-state index contributed by atoms with van der Waals surface area (Å²) in [6.07, 6.45) is 1.09. The van der Waals surface area contributed by atoms with Gasteiger partial charge in [-0.25, -0.2) is 4.79 Å². The minimum Gasteiger partial charge on any atom is -0.467 e. The van der Waals surface area contributed by atoms with Crippen molar-refractivity contribution in [3.05, 3.63) is 12.7 Å². The highest BCUT2D eigenvalue weighted by atomic mass is 16.6. The molecule has 0 bridgehead atoms. The van der Waals surface area contributed by atoms with Gasteiger partial charge in [0.2, 0.25) is 0 Å². The van der Waals surface area contributed by atoms with Crippen molar-refractivity contribution in [1.82, 2.24) is 0 Å². The number of methoxy groups -OCH3 is 1. The van der Waals surface area contributed by atoms with Gasteiger partial charge in [-0.05, 0) is 6.92 Å². The van der Waals surface area contributed by atoms with Crippen LogP contribution < -0.4 is 0 Å². The van der Waals surface area contributed by atoms with Crippen LogP contribution in [0.5, 0.6) is 0 Å². The Kier molecular flexibility index (Phi) is 4.58. The first-order chi connectivity index (χ1) is 4.72. The molecule has 3 heteroatoms. The van der Waals surface area contributed by atoms with Crippen molar-refractivity contribution in [2.75, 3.05) is 13.7 Å². The fourth-order valence-electron chi connectivity index (χ4n) is 0.446. The van der Waals surface area contributed by atoms with Crippen LogP contribution in [-0.2, 0) is 14.3 Å². The summed E-state index contributed by atoms with van der Waals surface area (Å²) in [4.78, 5) is 10.6. The molecule has 58 valence electrons. The highest BCUT2D eigenvalue weighted by Gasteiger charge is 2.11. The van der Waals surface area contributed by atoms with Crippen LogP contribution in [0.1, 0.15) is 6.92 Å². The summed E-state index contributed by atoms with van der Waals surface area (Å²) in [5.41, 5.74) is 0. The molecule has 0 spiro atoms. The van der Waals surface area contributed by atoms with E-state index in [2.05, 4.69) is 11.3 Å². The van der Waals surface area contributed by atoms with Gasteiger partial charge in [0.1, 0.15) is 0 Å². The maximum Gasteiger partial charge on any atom is 0.334 e. The number of esters is 1. The SMILES string of the molecule is C=CCOC(C)C(=O)OC. The maximum atomic E-state index is 10.6. The molecule has 0 saturated carbocycles. The van der Waals surface area contributed by atoms with Crippen LogP contribution in [0, 0.1) is 0 Å². The van der Waals surface area contributed by atoms with Gasteiger partial charge >= 0.3 is 5.97 Å². The molecule has 1 unspecified atom stereocenters. The zero-order valence-electron chi connectivity index (χ0n) is 6.29. The average Bonchev–Trinajstić information content (AvgIpc) is 1.98. The largest absolute Gasteiger partial charge is 0.467 e. The van der Waals surface area contributed by atoms with Crippen molar-refractivity contribution in [2.24, 2.45) is 0 Å². The number of hydrogen-bond acceptors (Lipinski definition) is 3. The summed E-state index contributed by atoms with van der Waals surface area (Å²) in [5.74, 6) is -0.359. The van der Waals surface area contributed by atoms with Crippen LogP contribution in [0.4, 0.5) is 0 Å². The standard InChI is InChI=1S/C7H12O3/c1-4-5-10-6(2)7(8)9-3/h4,6H,1,5H2,2-3H3. The summed E-state index contributed by atoms with van der Waals surface area (Å²) in [6.45, 7) is 5.45. The summed E-state index contributed by atoms with van der Waals surface area (Å²) in [7, 11) is 1.33. The van der Waals surface area contributed by atoms with Gasteiger partial charge in [-0.2, -0.15) is 0 Å². The van der Waals surface area contributed by atoms with Crippen LogP contribution in [0.25, 0.3) is 0 Å². The summed E-state index contributed by atoms with van der Waals surface area (Å²) in [5, 5.41) is 0. The van der Waals surface area contributed by atoms with E-state index >= 15 is 0 Å². The van der Waals surface area contributed by atoms with Crippen molar-refractivity contribution >= 4 is 5.97 Å². The molecule has 0 amide bonds. The topological polar surface area (TPSA) is 35.5 Å². The van der Waals surface area contributed by atoms with Gasteiger partial charge in [-0.3, -0.25) is 0 Å². The molecular weight excluding hydrogens is 132 g/mol. The predicted molar refractivity (Wildman–Crippen MR) is 37.6 cm³/mol. The van der Waals surface area contributed by atoms with Gasteiger partial charge in [0.05, 0.1) is 13.7 Å². The molecule has 1 atom stereocenters. The van der Waals surface area contributed by atoms with Crippen LogP contribution in [0.2, 0.25) is 0 Å². The lowest BCUT2D eigenvalue weighted by molar-refractivity contribution is -0.152. The zero-order chi connectivity index (χ0) is 7.98. The Morgan fingerprint density at radius 1 is 1.80 bits per heavy atom. The Bertz CT molecular complexity index is 120. The summed E-state index contributed by atoms with van der Waals surface area (Å²) >= 11 is 0. The van der Waals surface area contributed by atoms with Gasteiger partial charge in [0, 0.05) is 0 Å². The lowest BCUT2D eigenvalue weighted by atomic mass is 10.4. The molecular formula is C7H12O3. The fourth-order valence-corrected chi connectivity index (χ4v) is 0.446. The zero-order valence-corrected chi connectivity index (χ0v) is 6.29.